The Bertz CT molecular complexity index is 1210. The molecule has 4 rings (SSSR count). The first kappa shape index (κ1) is 17.4. The van der Waals surface area contributed by atoms with Gasteiger partial charge in [0.25, 0.3) is 5.56 Å². The van der Waals surface area contributed by atoms with Gasteiger partial charge in [-0.15, -0.1) is 11.3 Å². The van der Waals surface area contributed by atoms with E-state index in [2.05, 4.69) is 10.3 Å². The third-order valence-corrected chi connectivity index (χ3v) is 5.48. The molecule has 0 atom stereocenters. The van der Waals surface area contributed by atoms with Crippen molar-refractivity contribution in [1.82, 2.24) is 14.9 Å². The van der Waals surface area contributed by atoms with E-state index >= 15 is 0 Å². The average Bonchev–Trinajstić information content (AvgIpc) is 3.04. The van der Waals surface area contributed by atoms with Crippen LogP contribution < -0.4 is 10.9 Å². The Balaban J connectivity index is 1.57. The van der Waals surface area contributed by atoms with Crippen molar-refractivity contribution in [1.29, 1.82) is 0 Å². The molecular weight excluding hydrogens is 365 g/mol. The molecule has 0 saturated carbocycles. The van der Waals surface area contributed by atoms with E-state index in [-0.39, 0.29) is 18.0 Å². The number of rotatable bonds is 4. The fraction of sp³-hybridized carbons (Fsp3) is 0.150. The molecule has 1 N–H and O–H groups in total. The van der Waals surface area contributed by atoms with E-state index in [1.54, 1.807) is 12.1 Å². The lowest BCUT2D eigenvalue weighted by Crippen LogP contribution is -2.31. The van der Waals surface area contributed by atoms with E-state index in [1.807, 2.05) is 31.2 Å². The van der Waals surface area contributed by atoms with E-state index in [1.165, 1.54) is 28.3 Å². The number of carbonyl (C=O) groups is 1. The monoisotopic (exact) mass is 381 g/mol. The minimum absolute atomic E-state index is 0.135. The minimum atomic E-state index is -0.403. The van der Waals surface area contributed by atoms with Gasteiger partial charge in [0.2, 0.25) is 5.91 Å². The zero-order valence-corrected chi connectivity index (χ0v) is 15.3. The maximum absolute atomic E-state index is 14.1. The van der Waals surface area contributed by atoms with Crippen molar-refractivity contribution in [2.24, 2.45) is 0 Å². The van der Waals surface area contributed by atoms with Gasteiger partial charge in [0.1, 0.15) is 17.1 Å². The first-order valence-corrected chi connectivity index (χ1v) is 9.23. The summed E-state index contributed by atoms with van der Waals surface area (Å²) in [6.07, 6.45) is 1.30. The number of hydrogen-bond donors (Lipinski definition) is 1. The highest BCUT2D eigenvalue weighted by molar-refractivity contribution is 7.25. The topological polar surface area (TPSA) is 64.0 Å². The van der Waals surface area contributed by atoms with Crippen LogP contribution in [0, 0.1) is 12.7 Å². The molecule has 0 bridgehead atoms. The summed E-state index contributed by atoms with van der Waals surface area (Å²) >= 11 is 1.19. The van der Waals surface area contributed by atoms with Crippen molar-refractivity contribution < 1.29 is 9.18 Å². The molecule has 27 heavy (non-hydrogen) atoms. The number of halogens is 1. The normalized spacial score (nSPS) is 11.2. The number of fused-ring (bicyclic) bond motifs is 3. The Kier molecular flexibility index (Phi) is 4.45. The minimum Gasteiger partial charge on any atom is -0.350 e. The summed E-state index contributed by atoms with van der Waals surface area (Å²) in [6.45, 7) is 2.25. The summed E-state index contributed by atoms with van der Waals surface area (Å²) in [5, 5.41) is 3.15. The van der Waals surface area contributed by atoms with Gasteiger partial charge in [-0.25, -0.2) is 9.37 Å². The molecule has 2 aromatic heterocycles. The predicted molar refractivity (Wildman–Crippen MR) is 104 cm³/mol. The highest BCUT2D eigenvalue weighted by atomic mass is 32.1. The highest BCUT2D eigenvalue weighted by Crippen LogP contribution is 2.31. The molecule has 4 aromatic rings. The Hall–Kier alpha value is -3.06. The molecule has 5 nitrogen and oxygen atoms in total. The number of carbonyl (C=O) groups excluding carboxylic acids is 1. The number of thiophene rings is 1. The van der Waals surface area contributed by atoms with Crippen LogP contribution in [0.4, 0.5) is 4.39 Å². The van der Waals surface area contributed by atoms with Crippen molar-refractivity contribution in [2.75, 3.05) is 0 Å². The molecule has 2 heterocycles. The average molecular weight is 381 g/mol. The highest BCUT2D eigenvalue weighted by Gasteiger charge is 2.15. The second-order valence-corrected chi connectivity index (χ2v) is 7.38. The summed E-state index contributed by atoms with van der Waals surface area (Å²) in [4.78, 5) is 29.1. The van der Waals surface area contributed by atoms with Gasteiger partial charge >= 0.3 is 0 Å². The van der Waals surface area contributed by atoms with E-state index < -0.39 is 5.82 Å². The molecule has 0 unspecified atom stereocenters. The lowest BCUT2D eigenvalue weighted by Gasteiger charge is -2.07. The maximum Gasteiger partial charge on any atom is 0.271 e. The molecule has 1 amide bonds. The van der Waals surface area contributed by atoms with Gasteiger partial charge in [0.15, 0.2) is 0 Å². The second-order valence-electron chi connectivity index (χ2n) is 6.33. The molecule has 2 aromatic carbocycles. The number of amides is 1. The van der Waals surface area contributed by atoms with Crippen LogP contribution in [0.2, 0.25) is 0 Å². The Morgan fingerprint density at radius 2 is 2.00 bits per heavy atom. The van der Waals surface area contributed by atoms with Gasteiger partial charge in [-0.05, 0) is 24.6 Å². The fourth-order valence-corrected chi connectivity index (χ4v) is 4.02. The van der Waals surface area contributed by atoms with Crippen LogP contribution in [0.1, 0.15) is 11.1 Å². The van der Waals surface area contributed by atoms with Crippen molar-refractivity contribution in [3.63, 3.8) is 0 Å². The molecule has 0 aliphatic heterocycles. The SMILES string of the molecule is Cc1ccc(CNC(=O)Cn2cnc3c(sc4cccc(F)c43)c2=O)cc1. The number of nitrogens with one attached hydrogen (secondary N) is 1. The number of hydrogen-bond acceptors (Lipinski definition) is 4. The number of aromatic nitrogens is 2. The van der Waals surface area contributed by atoms with Crippen LogP contribution in [-0.4, -0.2) is 15.5 Å². The molecule has 0 saturated heterocycles. The number of benzene rings is 2. The zero-order chi connectivity index (χ0) is 19.0. The smallest absolute Gasteiger partial charge is 0.271 e. The summed E-state index contributed by atoms with van der Waals surface area (Å²) in [6, 6.07) is 12.5. The van der Waals surface area contributed by atoms with Crippen molar-refractivity contribution in [2.45, 2.75) is 20.0 Å². The first-order chi connectivity index (χ1) is 13.0. The molecule has 0 radical (unpaired) electrons. The van der Waals surface area contributed by atoms with E-state index in [4.69, 9.17) is 0 Å². The lowest BCUT2D eigenvalue weighted by atomic mass is 10.1. The molecule has 136 valence electrons. The fourth-order valence-electron chi connectivity index (χ4n) is 2.90. The molecule has 0 fully saturated rings. The molecule has 0 spiro atoms. The quantitative estimate of drug-likeness (QED) is 0.589. The summed E-state index contributed by atoms with van der Waals surface area (Å²) < 4.78 is 16.3. The van der Waals surface area contributed by atoms with Gasteiger partial charge in [-0.1, -0.05) is 35.9 Å². The molecular formula is C20H16FN3O2S. The van der Waals surface area contributed by atoms with Gasteiger partial charge in [-0.3, -0.25) is 14.2 Å². The van der Waals surface area contributed by atoms with Crippen LogP contribution in [0.15, 0.2) is 53.6 Å². The Morgan fingerprint density at radius 1 is 1.22 bits per heavy atom. The second kappa shape index (κ2) is 6.92. The van der Waals surface area contributed by atoms with Crippen LogP contribution in [-0.2, 0) is 17.9 Å². The van der Waals surface area contributed by atoms with E-state index in [9.17, 15) is 14.0 Å². The van der Waals surface area contributed by atoms with Crippen LogP contribution in [0.5, 0.6) is 0 Å². The van der Waals surface area contributed by atoms with Gasteiger partial charge < -0.3 is 5.32 Å². The summed E-state index contributed by atoms with van der Waals surface area (Å²) in [5.41, 5.74) is 2.13. The van der Waals surface area contributed by atoms with Gasteiger partial charge in [0, 0.05) is 11.2 Å². The third-order valence-electron chi connectivity index (χ3n) is 4.34. The van der Waals surface area contributed by atoms with Crippen molar-refractivity contribution in [3.8, 4) is 0 Å². The first-order valence-electron chi connectivity index (χ1n) is 8.41. The Labute approximate surface area is 158 Å². The van der Waals surface area contributed by atoms with Gasteiger partial charge in [-0.2, -0.15) is 0 Å². The molecule has 7 heteroatoms. The zero-order valence-electron chi connectivity index (χ0n) is 14.5. The number of nitrogens with zero attached hydrogens (tertiary/aromatic N) is 2. The molecule has 0 aliphatic carbocycles. The van der Waals surface area contributed by atoms with Crippen molar-refractivity contribution in [3.05, 3.63) is 76.1 Å². The Morgan fingerprint density at radius 3 is 2.78 bits per heavy atom. The lowest BCUT2D eigenvalue weighted by molar-refractivity contribution is -0.121. The van der Waals surface area contributed by atoms with E-state index in [0.29, 0.717) is 26.8 Å². The van der Waals surface area contributed by atoms with Gasteiger partial charge in [0.05, 0.1) is 17.2 Å². The van der Waals surface area contributed by atoms with Crippen LogP contribution in [0.3, 0.4) is 0 Å². The molecule has 0 aliphatic rings. The van der Waals surface area contributed by atoms with E-state index in [0.717, 1.165) is 11.1 Å². The van der Waals surface area contributed by atoms with Crippen LogP contribution in [0.25, 0.3) is 20.3 Å². The summed E-state index contributed by atoms with van der Waals surface area (Å²) in [7, 11) is 0. The standard InChI is InChI=1S/C20H16FN3O2S/c1-12-5-7-13(8-6-12)9-22-16(25)10-24-11-23-18-17-14(21)3-2-4-15(17)27-19(18)20(24)26/h2-8,11H,9-10H2,1H3,(H,22,25). The number of aryl methyl sites for hydroxylation is 1. The summed E-state index contributed by atoms with van der Waals surface area (Å²) in [5.74, 6) is -0.689. The predicted octanol–water partition coefficient (Wildman–Crippen LogP) is 3.38. The third kappa shape index (κ3) is 3.33. The maximum atomic E-state index is 14.1. The largest absolute Gasteiger partial charge is 0.350 e. The van der Waals surface area contributed by atoms with Crippen LogP contribution >= 0.6 is 11.3 Å². The van der Waals surface area contributed by atoms with Crippen molar-refractivity contribution >= 4 is 37.5 Å².